The predicted octanol–water partition coefficient (Wildman–Crippen LogP) is 2.61. The summed E-state index contributed by atoms with van der Waals surface area (Å²) in [6, 6.07) is 12.6. The number of nitriles is 1. The van der Waals surface area contributed by atoms with Crippen molar-refractivity contribution in [3.8, 4) is 6.07 Å². The number of amides is 1. The van der Waals surface area contributed by atoms with E-state index in [1.807, 2.05) is 12.3 Å². The Kier molecular flexibility index (Phi) is 4.85. The lowest BCUT2D eigenvalue weighted by Crippen LogP contribution is -2.41. The molecule has 0 aliphatic carbocycles. The monoisotopic (exact) mass is 348 g/mol. The first-order valence-corrected chi connectivity index (χ1v) is 9.48. The minimum absolute atomic E-state index is 0.115. The van der Waals surface area contributed by atoms with Gasteiger partial charge in [0.05, 0.1) is 18.1 Å². The summed E-state index contributed by atoms with van der Waals surface area (Å²) < 4.78 is 0. The second-order valence-electron chi connectivity index (χ2n) is 7.50. The molecule has 0 spiro atoms. The van der Waals surface area contributed by atoms with Crippen molar-refractivity contribution in [2.75, 3.05) is 26.2 Å². The molecule has 0 saturated carbocycles. The number of pyridine rings is 1. The van der Waals surface area contributed by atoms with Crippen LogP contribution in [-0.4, -0.2) is 52.9 Å². The summed E-state index contributed by atoms with van der Waals surface area (Å²) in [6.45, 7) is 3.11. The van der Waals surface area contributed by atoms with Gasteiger partial charge >= 0.3 is 0 Å². The maximum Gasteiger partial charge on any atom is 0.237 e. The molecular weight excluding hydrogens is 324 g/mol. The van der Waals surface area contributed by atoms with E-state index in [4.69, 9.17) is 5.26 Å². The van der Waals surface area contributed by atoms with Crippen molar-refractivity contribution >= 4 is 16.8 Å². The van der Waals surface area contributed by atoms with E-state index in [0.29, 0.717) is 12.5 Å². The van der Waals surface area contributed by atoms with Crippen LogP contribution in [0.25, 0.3) is 10.9 Å². The second-order valence-corrected chi connectivity index (χ2v) is 7.50. The van der Waals surface area contributed by atoms with Crippen LogP contribution < -0.4 is 0 Å². The van der Waals surface area contributed by atoms with Crippen LogP contribution in [-0.2, 0) is 11.2 Å². The Hall–Kier alpha value is -2.45. The van der Waals surface area contributed by atoms with E-state index in [0.717, 1.165) is 50.8 Å². The van der Waals surface area contributed by atoms with Crippen LogP contribution in [0.15, 0.2) is 36.5 Å². The number of carbonyl (C=O) groups excluding carboxylic acids is 1. The van der Waals surface area contributed by atoms with Crippen LogP contribution in [0.1, 0.15) is 24.8 Å². The van der Waals surface area contributed by atoms with Crippen molar-refractivity contribution in [2.45, 2.75) is 31.7 Å². The lowest BCUT2D eigenvalue weighted by molar-refractivity contribution is -0.132. The molecule has 3 heterocycles. The molecule has 134 valence electrons. The van der Waals surface area contributed by atoms with Gasteiger partial charge in [0, 0.05) is 24.7 Å². The number of rotatable bonds is 4. The fourth-order valence-corrected chi connectivity index (χ4v) is 4.28. The molecule has 1 amide bonds. The summed E-state index contributed by atoms with van der Waals surface area (Å²) in [5, 5.41) is 10.3. The van der Waals surface area contributed by atoms with Crippen LogP contribution in [0.5, 0.6) is 0 Å². The van der Waals surface area contributed by atoms with Crippen molar-refractivity contribution in [1.29, 1.82) is 5.26 Å². The molecule has 1 aromatic carbocycles. The first-order chi connectivity index (χ1) is 12.7. The van der Waals surface area contributed by atoms with E-state index < -0.39 is 0 Å². The van der Waals surface area contributed by atoms with Crippen molar-refractivity contribution in [1.82, 2.24) is 14.8 Å². The third-order valence-corrected chi connectivity index (χ3v) is 5.65. The van der Waals surface area contributed by atoms with Crippen LogP contribution in [0.4, 0.5) is 0 Å². The zero-order chi connectivity index (χ0) is 17.9. The first-order valence-electron chi connectivity index (χ1n) is 9.48. The van der Waals surface area contributed by atoms with Gasteiger partial charge in [0.1, 0.15) is 6.04 Å². The van der Waals surface area contributed by atoms with Gasteiger partial charge in [-0.05, 0) is 55.8 Å². The van der Waals surface area contributed by atoms with Crippen molar-refractivity contribution in [2.24, 2.45) is 5.92 Å². The van der Waals surface area contributed by atoms with Crippen molar-refractivity contribution in [3.05, 3.63) is 42.1 Å². The second kappa shape index (κ2) is 7.43. The summed E-state index contributed by atoms with van der Waals surface area (Å²) in [4.78, 5) is 21.0. The highest BCUT2D eigenvalue weighted by molar-refractivity contribution is 5.79. The molecule has 5 nitrogen and oxygen atoms in total. The molecule has 0 radical (unpaired) electrons. The smallest absolute Gasteiger partial charge is 0.237 e. The highest BCUT2D eigenvalue weighted by atomic mass is 16.2. The molecule has 5 heteroatoms. The molecule has 2 fully saturated rings. The molecule has 0 N–H and O–H groups in total. The maximum atomic E-state index is 12.5. The van der Waals surface area contributed by atoms with E-state index in [1.54, 1.807) is 4.90 Å². The zero-order valence-electron chi connectivity index (χ0n) is 15.0. The van der Waals surface area contributed by atoms with Gasteiger partial charge in [-0.15, -0.1) is 0 Å². The average molecular weight is 348 g/mol. The molecule has 1 aromatic heterocycles. The topological polar surface area (TPSA) is 60.2 Å². The number of nitrogens with zero attached hydrogens (tertiary/aromatic N) is 4. The molecular formula is C21H24N4O. The number of carbonyl (C=O) groups is 1. The van der Waals surface area contributed by atoms with E-state index in [-0.39, 0.29) is 11.9 Å². The van der Waals surface area contributed by atoms with Gasteiger partial charge in [-0.25, -0.2) is 0 Å². The summed E-state index contributed by atoms with van der Waals surface area (Å²) in [6.07, 6.45) is 5.75. The van der Waals surface area contributed by atoms with Gasteiger partial charge in [-0.3, -0.25) is 14.7 Å². The number of aromatic nitrogens is 1. The number of likely N-dealkylation sites (tertiary alicyclic amines) is 2. The zero-order valence-corrected chi connectivity index (χ0v) is 15.0. The predicted molar refractivity (Wildman–Crippen MR) is 100 cm³/mol. The van der Waals surface area contributed by atoms with Crippen LogP contribution in [0, 0.1) is 17.2 Å². The summed E-state index contributed by atoms with van der Waals surface area (Å²) in [5.41, 5.74) is 2.37. The Morgan fingerprint density at radius 3 is 3.08 bits per heavy atom. The van der Waals surface area contributed by atoms with Crippen LogP contribution in [0.3, 0.4) is 0 Å². The molecule has 2 aliphatic rings. The van der Waals surface area contributed by atoms with Gasteiger partial charge in [0.15, 0.2) is 0 Å². The van der Waals surface area contributed by atoms with Crippen LogP contribution in [0.2, 0.25) is 0 Å². The van der Waals surface area contributed by atoms with E-state index in [2.05, 4.69) is 40.2 Å². The first kappa shape index (κ1) is 17.0. The van der Waals surface area contributed by atoms with Crippen molar-refractivity contribution in [3.63, 3.8) is 0 Å². The van der Waals surface area contributed by atoms with Gasteiger partial charge in [-0.1, -0.05) is 18.2 Å². The molecule has 2 atom stereocenters. The molecule has 26 heavy (non-hydrogen) atoms. The highest BCUT2D eigenvalue weighted by Crippen LogP contribution is 2.24. The van der Waals surface area contributed by atoms with E-state index in [1.165, 1.54) is 10.9 Å². The van der Waals surface area contributed by atoms with Crippen LogP contribution >= 0.6 is 0 Å². The summed E-state index contributed by atoms with van der Waals surface area (Å²) >= 11 is 0. The minimum atomic E-state index is -0.217. The summed E-state index contributed by atoms with van der Waals surface area (Å²) in [5.74, 6) is 0.693. The van der Waals surface area contributed by atoms with Gasteiger partial charge in [-0.2, -0.15) is 5.26 Å². The molecule has 2 aromatic rings. The van der Waals surface area contributed by atoms with Gasteiger partial charge in [0.2, 0.25) is 5.91 Å². The average Bonchev–Trinajstić information content (AvgIpc) is 3.30. The Morgan fingerprint density at radius 2 is 2.19 bits per heavy atom. The lowest BCUT2D eigenvalue weighted by atomic mass is 9.98. The fraction of sp³-hybridized carbons (Fsp3) is 0.476. The third-order valence-electron chi connectivity index (χ3n) is 5.65. The number of benzene rings is 1. The van der Waals surface area contributed by atoms with Gasteiger partial charge < -0.3 is 4.90 Å². The third kappa shape index (κ3) is 3.56. The van der Waals surface area contributed by atoms with E-state index in [9.17, 15) is 4.79 Å². The lowest BCUT2D eigenvalue weighted by Gasteiger charge is -2.23. The molecule has 2 aliphatic heterocycles. The Labute approximate surface area is 154 Å². The highest BCUT2D eigenvalue weighted by Gasteiger charge is 2.31. The largest absolute Gasteiger partial charge is 0.326 e. The Bertz CT molecular complexity index is 843. The Morgan fingerprint density at radius 1 is 1.27 bits per heavy atom. The normalized spacial score (nSPS) is 23.4. The SMILES string of the molecule is N#C[C@@H]1CCCN1C(=O)CN1CC[C@@H](Cc2ccc3cccnc3c2)C1. The number of hydrogen-bond donors (Lipinski definition) is 0. The number of hydrogen-bond acceptors (Lipinski definition) is 4. The van der Waals surface area contributed by atoms with Crippen molar-refractivity contribution < 1.29 is 4.79 Å². The standard InChI is InChI=1S/C21H24N4O/c22-13-19-4-2-9-25(19)21(26)15-24-10-7-17(14-24)11-16-5-6-18-3-1-8-23-20(18)12-16/h1,3,5-6,8,12,17,19H,2,4,7,9-11,14-15H2/t17-,19-/m0/s1. The maximum absolute atomic E-state index is 12.5. The molecule has 2 saturated heterocycles. The quantitative estimate of drug-likeness (QED) is 0.852. The molecule has 0 bridgehead atoms. The summed E-state index contributed by atoms with van der Waals surface area (Å²) in [7, 11) is 0. The molecule has 0 unspecified atom stereocenters. The minimum Gasteiger partial charge on any atom is -0.326 e. The fourth-order valence-electron chi connectivity index (χ4n) is 4.28. The van der Waals surface area contributed by atoms with E-state index >= 15 is 0 Å². The Balaban J connectivity index is 1.33. The number of fused-ring (bicyclic) bond motifs is 1. The molecule has 4 rings (SSSR count). The van der Waals surface area contributed by atoms with Gasteiger partial charge in [0.25, 0.3) is 0 Å².